The van der Waals surface area contributed by atoms with Crippen LogP contribution in [0.1, 0.15) is 12.5 Å². The molecule has 0 aromatic heterocycles. The fourth-order valence-corrected chi connectivity index (χ4v) is 3.51. The van der Waals surface area contributed by atoms with E-state index >= 15 is 0 Å². The Morgan fingerprint density at radius 1 is 1.24 bits per heavy atom. The Labute approximate surface area is 106 Å². The third-order valence-electron chi connectivity index (χ3n) is 2.55. The van der Waals surface area contributed by atoms with Crippen molar-refractivity contribution in [2.24, 2.45) is 0 Å². The van der Waals surface area contributed by atoms with Gasteiger partial charge in [-0.1, -0.05) is 42.7 Å². The van der Waals surface area contributed by atoms with Gasteiger partial charge in [0.05, 0.1) is 13.2 Å². The first-order valence-electron chi connectivity index (χ1n) is 5.97. The summed E-state index contributed by atoms with van der Waals surface area (Å²) in [6, 6.07) is 9.74. The van der Waals surface area contributed by atoms with Gasteiger partial charge in [-0.05, 0) is 18.2 Å². The summed E-state index contributed by atoms with van der Waals surface area (Å²) >= 11 is 0. The third kappa shape index (κ3) is 5.18. The summed E-state index contributed by atoms with van der Waals surface area (Å²) in [4.78, 5) is 0. The summed E-state index contributed by atoms with van der Waals surface area (Å²) in [5.74, 6) is 2.44. The van der Waals surface area contributed by atoms with Crippen molar-refractivity contribution >= 4 is 14.2 Å². The highest BCUT2D eigenvalue weighted by molar-refractivity contribution is 6.67. The van der Waals surface area contributed by atoms with Crippen molar-refractivity contribution in [2.75, 3.05) is 19.8 Å². The van der Waals surface area contributed by atoms with Crippen LogP contribution in [-0.4, -0.2) is 28.9 Å². The molecule has 3 heteroatoms. The van der Waals surface area contributed by atoms with Gasteiger partial charge in [-0.15, -0.1) is 6.42 Å². The van der Waals surface area contributed by atoms with E-state index in [2.05, 4.69) is 44.0 Å². The summed E-state index contributed by atoms with van der Waals surface area (Å²) in [7, 11) is -1.28. The van der Waals surface area contributed by atoms with Crippen LogP contribution in [0.4, 0.5) is 0 Å². The van der Waals surface area contributed by atoms with Crippen molar-refractivity contribution in [3.63, 3.8) is 0 Å². The molecule has 0 N–H and O–H groups in total. The number of terminal acetylenes is 1. The summed E-state index contributed by atoms with van der Waals surface area (Å²) in [5, 5.41) is 1.36. The molecule has 1 aromatic rings. The van der Waals surface area contributed by atoms with Gasteiger partial charge in [0.15, 0.2) is 0 Å². The first-order chi connectivity index (χ1) is 8.27. The van der Waals surface area contributed by atoms with E-state index in [9.17, 15) is 0 Å². The molecule has 0 radical (unpaired) electrons. The van der Waals surface area contributed by atoms with Crippen LogP contribution in [0.3, 0.4) is 0 Å². The Morgan fingerprint density at radius 3 is 2.53 bits per heavy atom. The van der Waals surface area contributed by atoms with Crippen molar-refractivity contribution in [3.05, 3.63) is 29.8 Å². The molecule has 0 aliphatic rings. The lowest BCUT2D eigenvalue weighted by Gasteiger charge is -2.15. The summed E-state index contributed by atoms with van der Waals surface area (Å²) in [6.45, 7) is 5.87. The summed E-state index contributed by atoms with van der Waals surface area (Å²) in [5.41, 5.74) is 1.29. The highest BCUT2D eigenvalue weighted by atomic mass is 28.3. The molecule has 0 aliphatic carbocycles. The van der Waals surface area contributed by atoms with Gasteiger partial charge in [0, 0.05) is 0 Å². The van der Waals surface area contributed by atoms with E-state index < -0.39 is 9.04 Å². The molecule has 92 valence electrons. The monoisotopic (exact) mass is 248 g/mol. The van der Waals surface area contributed by atoms with Gasteiger partial charge in [0.2, 0.25) is 9.04 Å². The quantitative estimate of drug-likeness (QED) is 0.415. The van der Waals surface area contributed by atoms with E-state index in [-0.39, 0.29) is 0 Å². The standard InChI is InChI=1S/C14H20O2Si/c1-4-10-15-11-12-16-17(5-2)14-8-6-13(3)7-9-14/h1,6-9,17H,5,10-12H2,2-3H3. The topological polar surface area (TPSA) is 18.5 Å². The van der Waals surface area contributed by atoms with E-state index in [1.165, 1.54) is 10.8 Å². The van der Waals surface area contributed by atoms with E-state index in [4.69, 9.17) is 15.6 Å². The summed E-state index contributed by atoms with van der Waals surface area (Å²) in [6.07, 6.45) is 5.09. The molecule has 1 unspecified atom stereocenters. The van der Waals surface area contributed by atoms with Crippen molar-refractivity contribution in [1.29, 1.82) is 0 Å². The van der Waals surface area contributed by atoms with Gasteiger partial charge in [0.1, 0.15) is 6.61 Å². The van der Waals surface area contributed by atoms with Gasteiger partial charge >= 0.3 is 0 Å². The SMILES string of the molecule is C#CCOCCO[SiH](CC)c1ccc(C)cc1. The lowest BCUT2D eigenvalue weighted by atomic mass is 10.2. The number of rotatable bonds is 7. The number of hydrogen-bond donors (Lipinski definition) is 0. The Balaban J connectivity index is 2.38. The number of ether oxygens (including phenoxy) is 1. The van der Waals surface area contributed by atoms with E-state index in [0.717, 1.165) is 6.04 Å². The zero-order chi connectivity index (χ0) is 12.5. The van der Waals surface area contributed by atoms with E-state index in [1.807, 2.05) is 0 Å². The van der Waals surface area contributed by atoms with E-state index in [0.29, 0.717) is 19.8 Å². The van der Waals surface area contributed by atoms with Crippen LogP contribution in [0.2, 0.25) is 6.04 Å². The molecule has 0 saturated heterocycles. The van der Waals surface area contributed by atoms with Crippen LogP contribution in [0.25, 0.3) is 0 Å². The number of hydrogen-bond acceptors (Lipinski definition) is 2. The molecule has 0 bridgehead atoms. The molecular weight excluding hydrogens is 228 g/mol. The van der Waals surface area contributed by atoms with Gasteiger partial charge in [0.25, 0.3) is 0 Å². The maximum absolute atomic E-state index is 5.91. The fraction of sp³-hybridized carbons (Fsp3) is 0.429. The molecule has 17 heavy (non-hydrogen) atoms. The lowest BCUT2D eigenvalue weighted by molar-refractivity contribution is 0.125. The van der Waals surface area contributed by atoms with Crippen molar-refractivity contribution in [2.45, 2.75) is 19.9 Å². The Bertz CT molecular complexity index is 353. The van der Waals surface area contributed by atoms with Crippen LogP contribution in [0.5, 0.6) is 0 Å². The molecule has 0 amide bonds. The molecular formula is C14H20O2Si. The average Bonchev–Trinajstić information content (AvgIpc) is 2.35. The van der Waals surface area contributed by atoms with Crippen molar-refractivity contribution < 1.29 is 9.16 Å². The van der Waals surface area contributed by atoms with Crippen molar-refractivity contribution in [1.82, 2.24) is 0 Å². The molecule has 0 fully saturated rings. The second kappa shape index (κ2) is 8.07. The molecule has 0 spiro atoms. The predicted molar refractivity (Wildman–Crippen MR) is 74.0 cm³/mol. The van der Waals surface area contributed by atoms with Gasteiger partial charge in [-0.2, -0.15) is 0 Å². The zero-order valence-corrected chi connectivity index (χ0v) is 11.8. The normalized spacial score (nSPS) is 12.1. The van der Waals surface area contributed by atoms with Crippen LogP contribution >= 0.6 is 0 Å². The largest absolute Gasteiger partial charge is 0.413 e. The molecule has 0 saturated carbocycles. The van der Waals surface area contributed by atoms with E-state index in [1.54, 1.807) is 0 Å². The first-order valence-corrected chi connectivity index (χ1v) is 7.83. The maximum atomic E-state index is 5.91. The Morgan fingerprint density at radius 2 is 1.94 bits per heavy atom. The van der Waals surface area contributed by atoms with Crippen LogP contribution in [0.15, 0.2) is 24.3 Å². The highest BCUT2D eigenvalue weighted by Gasteiger charge is 2.11. The number of benzene rings is 1. The fourth-order valence-electron chi connectivity index (χ4n) is 1.61. The van der Waals surface area contributed by atoms with Gasteiger partial charge in [-0.3, -0.25) is 0 Å². The smallest absolute Gasteiger partial charge is 0.208 e. The lowest BCUT2D eigenvalue weighted by Crippen LogP contribution is -2.33. The molecule has 1 atom stereocenters. The number of aryl methyl sites for hydroxylation is 1. The second-order valence-corrected chi connectivity index (χ2v) is 6.73. The Hall–Kier alpha value is -1.08. The van der Waals surface area contributed by atoms with Crippen molar-refractivity contribution in [3.8, 4) is 12.3 Å². The molecule has 0 heterocycles. The first kappa shape index (κ1) is 14.0. The highest BCUT2D eigenvalue weighted by Crippen LogP contribution is 1.99. The Kier molecular flexibility index (Phi) is 6.64. The summed E-state index contributed by atoms with van der Waals surface area (Å²) < 4.78 is 11.1. The second-order valence-electron chi connectivity index (χ2n) is 3.94. The van der Waals surface area contributed by atoms with Gasteiger partial charge < -0.3 is 9.16 Å². The van der Waals surface area contributed by atoms with Crippen LogP contribution in [0, 0.1) is 19.3 Å². The predicted octanol–water partition coefficient (Wildman–Crippen LogP) is 1.61. The minimum Gasteiger partial charge on any atom is -0.413 e. The molecule has 1 aromatic carbocycles. The van der Waals surface area contributed by atoms with Crippen LogP contribution < -0.4 is 5.19 Å². The third-order valence-corrected chi connectivity index (χ3v) is 5.06. The zero-order valence-electron chi connectivity index (χ0n) is 10.6. The minimum atomic E-state index is -1.28. The van der Waals surface area contributed by atoms with Gasteiger partial charge in [-0.25, -0.2) is 0 Å². The molecule has 0 aliphatic heterocycles. The maximum Gasteiger partial charge on any atom is 0.208 e. The average molecular weight is 248 g/mol. The molecule has 1 rings (SSSR count). The van der Waals surface area contributed by atoms with Crippen LogP contribution in [-0.2, 0) is 9.16 Å². The molecule has 2 nitrogen and oxygen atoms in total. The minimum absolute atomic E-state index is 0.367.